The van der Waals surface area contributed by atoms with E-state index >= 15 is 0 Å². The van der Waals surface area contributed by atoms with Crippen molar-refractivity contribution in [3.05, 3.63) is 65.6 Å². The third-order valence-electron chi connectivity index (χ3n) is 7.06. The highest BCUT2D eigenvalue weighted by molar-refractivity contribution is 5.87. The van der Waals surface area contributed by atoms with Gasteiger partial charge in [-0.05, 0) is 48.7 Å². The van der Waals surface area contributed by atoms with Gasteiger partial charge in [0.15, 0.2) is 0 Å². The minimum atomic E-state index is -5.08. The summed E-state index contributed by atoms with van der Waals surface area (Å²) in [6, 6.07) is 13.9. The standard InChI is InChI=1S/C25H27FN4O4.C2HF3O2/c26-17-6-7-19-20-8-10-30(24(33)27-15-22(31)32)25(23(20)28-21(19)14-17)9-11-29(16-25)12-13-34-18-4-2-1-3-5-18;3-2(4,5)1(6)7/h1-7,14,28H,8-13,15-16H2,(H,27,33)(H,31,32);(H,6,7). The number of carbonyl (C=O) groups excluding carboxylic acids is 1. The van der Waals surface area contributed by atoms with Gasteiger partial charge in [0, 0.05) is 42.8 Å². The molecule has 3 aromatic rings. The summed E-state index contributed by atoms with van der Waals surface area (Å²) >= 11 is 0. The predicted octanol–water partition coefficient (Wildman–Crippen LogP) is 3.57. The molecular weight excluding hydrogens is 552 g/mol. The molecule has 1 atom stereocenters. The number of carbonyl (C=O) groups is 3. The van der Waals surface area contributed by atoms with Gasteiger partial charge in [0.2, 0.25) is 0 Å². The number of amides is 2. The molecule has 220 valence electrons. The molecule has 5 rings (SSSR count). The third-order valence-corrected chi connectivity index (χ3v) is 7.06. The number of aromatic amines is 1. The van der Waals surface area contributed by atoms with Crippen molar-refractivity contribution in [2.24, 2.45) is 0 Å². The second-order valence-corrected chi connectivity index (χ2v) is 9.64. The number of para-hydroxylation sites is 1. The van der Waals surface area contributed by atoms with Crippen LogP contribution in [0.1, 0.15) is 17.7 Å². The first kappa shape index (κ1) is 29.6. The van der Waals surface area contributed by atoms with E-state index in [1.54, 1.807) is 11.0 Å². The van der Waals surface area contributed by atoms with E-state index in [0.29, 0.717) is 44.6 Å². The number of hydrogen-bond donors (Lipinski definition) is 4. The van der Waals surface area contributed by atoms with Gasteiger partial charge in [-0.1, -0.05) is 18.2 Å². The summed E-state index contributed by atoms with van der Waals surface area (Å²) in [6.45, 7) is 2.54. The number of H-pyrrole nitrogens is 1. The quantitative estimate of drug-likeness (QED) is 0.328. The molecule has 3 heterocycles. The zero-order chi connectivity index (χ0) is 29.8. The molecule has 14 heteroatoms. The number of hydrogen-bond acceptors (Lipinski definition) is 5. The maximum Gasteiger partial charge on any atom is 0.490 e. The number of urea groups is 1. The number of carboxylic acid groups (broad SMARTS) is 2. The monoisotopic (exact) mass is 580 g/mol. The van der Waals surface area contributed by atoms with Gasteiger partial charge >= 0.3 is 24.1 Å². The van der Waals surface area contributed by atoms with E-state index in [2.05, 4.69) is 15.2 Å². The van der Waals surface area contributed by atoms with Crippen molar-refractivity contribution in [2.75, 3.05) is 39.3 Å². The lowest BCUT2D eigenvalue weighted by Gasteiger charge is -2.44. The minimum Gasteiger partial charge on any atom is -0.492 e. The van der Waals surface area contributed by atoms with Crippen molar-refractivity contribution in [1.82, 2.24) is 20.1 Å². The summed E-state index contributed by atoms with van der Waals surface area (Å²) in [5.74, 6) is -3.36. The fourth-order valence-electron chi connectivity index (χ4n) is 5.30. The Balaban J connectivity index is 0.000000493. The van der Waals surface area contributed by atoms with Crippen LogP contribution >= 0.6 is 0 Å². The number of ether oxygens (including phenoxy) is 1. The van der Waals surface area contributed by atoms with Crippen LogP contribution < -0.4 is 10.1 Å². The Morgan fingerprint density at radius 2 is 1.78 bits per heavy atom. The molecule has 1 unspecified atom stereocenters. The van der Waals surface area contributed by atoms with Crippen molar-refractivity contribution in [2.45, 2.75) is 24.6 Å². The van der Waals surface area contributed by atoms with Crippen LogP contribution in [0.25, 0.3) is 10.9 Å². The van der Waals surface area contributed by atoms with Crippen LogP contribution in [0.15, 0.2) is 48.5 Å². The minimum absolute atomic E-state index is 0.317. The van der Waals surface area contributed by atoms with Crippen LogP contribution in [0.4, 0.5) is 22.4 Å². The summed E-state index contributed by atoms with van der Waals surface area (Å²) in [5.41, 5.74) is 2.07. The fraction of sp³-hybridized carbons (Fsp3) is 0.370. The summed E-state index contributed by atoms with van der Waals surface area (Å²) in [5, 5.41) is 19.6. The van der Waals surface area contributed by atoms with E-state index in [0.717, 1.165) is 28.9 Å². The first-order valence-corrected chi connectivity index (χ1v) is 12.7. The SMILES string of the molecule is O=C(O)C(F)(F)F.O=C(O)CNC(=O)N1CCc2c([nH]c3cc(F)ccc23)C12CCN(CCOc1ccccc1)C2. The number of aromatic nitrogens is 1. The predicted molar refractivity (Wildman–Crippen MR) is 138 cm³/mol. The summed E-state index contributed by atoms with van der Waals surface area (Å²) in [4.78, 5) is 40.4. The van der Waals surface area contributed by atoms with Crippen LogP contribution in [0.2, 0.25) is 0 Å². The zero-order valence-electron chi connectivity index (χ0n) is 21.7. The molecule has 1 aromatic heterocycles. The van der Waals surface area contributed by atoms with Crippen molar-refractivity contribution in [3.8, 4) is 5.75 Å². The molecule has 0 radical (unpaired) electrons. The van der Waals surface area contributed by atoms with Gasteiger partial charge in [-0.2, -0.15) is 13.2 Å². The molecule has 2 aliphatic heterocycles. The number of halogens is 4. The van der Waals surface area contributed by atoms with E-state index < -0.39 is 36.2 Å². The number of carboxylic acids is 2. The Morgan fingerprint density at radius 3 is 2.44 bits per heavy atom. The van der Waals surface area contributed by atoms with Crippen LogP contribution in [-0.2, 0) is 21.5 Å². The Kier molecular flexibility index (Phi) is 8.71. The van der Waals surface area contributed by atoms with E-state index in [9.17, 15) is 27.2 Å². The van der Waals surface area contributed by atoms with Crippen molar-refractivity contribution in [1.29, 1.82) is 0 Å². The van der Waals surface area contributed by atoms with Gasteiger partial charge < -0.3 is 30.2 Å². The van der Waals surface area contributed by atoms with E-state index in [4.69, 9.17) is 19.7 Å². The van der Waals surface area contributed by atoms with Crippen molar-refractivity contribution >= 4 is 28.9 Å². The first-order valence-electron chi connectivity index (χ1n) is 12.7. The number of aliphatic carboxylic acids is 2. The third kappa shape index (κ3) is 6.70. The molecular formula is C27H28F4N4O6. The largest absolute Gasteiger partial charge is 0.492 e. The number of likely N-dealkylation sites (tertiary alicyclic amines) is 1. The molecule has 1 fully saturated rings. The molecule has 2 aromatic carbocycles. The smallest absolute Gasteiger partial charge is 0.490 e. The van der Waals surface area contributed by atoms with Gasteiger partial charge in [0.05, 0.1) is 5.54 Å². The lowest BCUT2D eigenvalue weighted by atomic mass is 9.84. The van der Waals surface area contributed by atoms with Gasteiger partial charge in [-0.15, -0.1) is 0 Å². The molecule has 4 N–H and O–H groups in total. The highest BCUT2D eigenvalue weighted by Crippen LogP contribution is 2.44. The zero-order valence-corrected chi connectivity index (χ0v) is 21.7. The molecule has 10 nitrogen and oxygen atoms in total. The average Bonchev–Trinajstić information content (AvgIpc) is 3.50. The van der Waals surface area contributed by atoms with E-state index in [1.807, 2.05) is 30.3 Å². The molecule has 0 bridgehead atoms. The Hall–Kier alpha value is -4.33. The molecule has 1 spiro atoms. The molecule has 1 saturated heterocycles. The van der Waals surface area contributed by atoms with Crippen molar-refractivity contribution in [3.63, 3.8) is 0 Å². The second-order valence-electron chi connectivity index (χ2n) is 9.64. The van der Waals surface area contributed by atoms with Gasteiger partial charge in [0.1, 0.15) is 24.7 Å². The highest BCUT2D eigenvalue weighted by Gasteiger charge is 2.51. The van der Waals surface area contributed by atoms with Gasteiger partial charge in [-0.25, -0.2) is 14.0 Å². The summed E-state index contributed by atoms with van der Waals surface area (Å²) in [7, 11) is 0. The lowest BCUT2D eigenvalue weighted by molar-refractivity contribution is -0.192. The number of nitrogens with one attached hydrogen (secondary N) is 2. The van der Waals surface area contributed by atoms with Gasteiger partial charge in [-0.3, -0.25) is 9.69 Å². The number of rotatable bonds is 6. The van der Waals surface area contributed by atoms with Gasteiger partial charge in [0.25, 0.3) is 0 Å². The summed E-state index contributed by atoms with van der Waals surface area (Å²) < 4.78 is 51.5. The van der Waals surface area contributed by atoms with Crippen LogP contribution in [0, 0.1) is 5.82 Å². The second kappa shape index (κ2) is 12.0. The van der Waals surface area contributed by atoms with Crippen LogP contribution in [0.5, 0.6) is 5.75 Å². The molecule has 0 aliphatic carbocycles. The average molecular weight is 581 g/mol. The van der Waals surface area contributed by atoms with Crippen LogP contribution in [0.3, 0.4) is 0 Å². The molecule has 2 amide bonds. The first-order chi connectivity index (χ1) is 19.4. The number of alkyl halides is 3. The molecule has 41 heavy (non-hydrogen) atoms. The van der Waals surface area contributed by atoms with E-state index in [-0.39, 0.29) is 5.82 Å². The number of fused-ring (bicyclic) bond motifs is 4. The number of nitrogens with zero attached hydrogens (tertiary/aromatic N) is 2. The van der Waals surface area contributed by atoms with Crippen molar-refractivity contribution < 1.29 is 46.9 Å². The van der Waals surface area contributed by atoms with Crippen LogP contribution in [-0.4, -0.2) is 88.5 Å². The highest BCUT2D eigenvalue weighted by atomic mass is 19.4. The Labute approximate surface area is 231 Å². The van der Waals surface area contributed by atoms with E-state index in [1.165, 1.54) is 12.1 Å². The lowest BCUT2D eigenvalue weighted by Crippen LogP contribution is -2.58. The Bertz CT molecular complexity index is 1410. The molecule has 0 saturated carbocycles. The molecule has 2 aliphatic rings. The maximum absolute atomic E-state index is 13.9. The normalized spacial score (nSPS) is 18.5. The fourth-order valence-corrected chi connectivity index (χ4v) is 5.30. The number of benzene rings is 2. The maximum atomic E-state index is 13.9. The summed E-state index contributed by atoms with van der Waals surface area (Å²) in [6.07, 6.45) is -3.79. The topological polar surface area (TPSA) is 135 Å². The Morgan fingerprint density at radius 1 is 1.07 bits per heavy atom.